The van der Waals surface area contributed by atoms with Crippen LogP contribution in [0, 0.1) is 11.3 Å². The molecule has 4 rings (SSSR count). The van der Waals surface area contributed by atoms with Gasteiger partial charge in [0, 0.05) is 46.7 Å². The number of nitrogens with two attached hydrogens (primary N) is 2. The van der Waals surface area contributed by atoms with Gasteiger partial charge in [-0.15, -0.1) is 0 Å². The molecule has 0 radical (unpaired) electrons. The van der Waals surface area contributed by atoms with Crippen molar-refractivity contribution in [3.63, 3.8) is 0 Å². The highest BCUT2D eigenvalue weighted by Crippen LogP contribution is 2.32. The van der Waals surface area contributed by atoms with Crippen LogP contribution in [-0.2, 0) is 4.79 Å². The number of hydrogen-bond donors (Lipinski definition) is 5. The Morgan fingerprint density at radius 1 is 1.18 bits per heavy atom. The number of benzene rings is 1. The summed E-state index contributed by atoms with van der Waals surface area (Å²) in [5, 5.41) is 13.5. The minimum absolute atomic E-state index is 0.135. The third-order valence-electron chi connectivity index (χ3n) is 7.12. The molecule has 16 heteroatoms. The van der Waals surface area contributed by atoms with Crippen LogP contribution in [0.2, 0.25) is 5.02 Å². The number of pyridine rings is 1. The molecule has 0 fully saturated rings. The number of carbonyl (C=O) groups excluding carboxylic acids is 1. The van der Waals surface area contributed by atoms with Crippen molar-refractivity contribution in [2.45, 2.75) is 45.2 Å². The van der Waals surface area contributed by atoms with Crippen molar-refractivity contribution in [1.82, 2.24) is 25.2 Å². The molecular formula is C29H30ClF4N9O2. The van der Waals surface area contributed by atoms with E-state index in [1.807, 2.05) is 5.32 Å². The van der Waals surface area contributed by atoms with Crippen LogP contribution in [0.15, 0.2) is 71.3 Å². The first-order chi connectivity index (χ1) is 21.4. The minimum Gasteiger partial charge on any atom is -0.396 e. The summed E-state index contributed by atoms with van der Waals surface area (Å²) in [6, 6.07) is 7.84. The number of hydrogen-bond acceptors (Lipinski definition) is 9. The molecule has 3 aromatic rings. The zero-order valence-electron chi connectivity index (χ0n) is 23.9. The Bertz CT molecular complexity index is 1700. The molecule has 2 aromatic heterocycles. The average molecular weight is 648 g/mol. The summed E-state index contributed by atoms with van der Waals surface area (Å²) in [6.07, 6.45) is 2.54. The van der Waals surface area contributed by atoms with E-state index in [4.69, 9.17) is 28.6 Å². The van der Waals surface area contributed by atoms with E-state index in [1.165, 1.54) is 53.5 Å². The Morgan fingerprint density at radius 2 is 1.93 bits per heavy atom. The lowest BCUT2D eigenvalue weighted by molar-refractivity contribution is -0.123. The largest absolute Gasteiger partial charge is 0.396 e. The molecule has 0 spiro atoms. The van der Waals surface area contributed by atoms with E-state index in [0.29, 0.717) is 25.0 Å². The molecule has 3 heterocycles. The second-order valence-corrected chi connectivity index (χ2v) is 10.6. The monoisotopic (exact) mass is 647 g/mol. The molecule has 2 bridgehead atoms. The number of halogens is 5. The van der Waals surface area contributed by atoms with Gasteiger partial charge in [-0.2, -0.15) is 8.78 Å². The number of nitrogens with zero attached hydrogens (tertiary/aromatic N) is 4. The maximum atomic E-state index is 13.6. The molecule has 7 N–H and O–H groups in total. The van der Waals surface area contributed by atoms with Crippen molar-refractivity contribution in [3.05, 3.63) is 93.2 Å². The van der Waals surface area contributed by atoms with E-state index in [0.717, 1.165) is 17.4 Å². The second-order valence-electron chi connectivity index (χ2n) is 10.2. The topological polar surface area (TPSA) is 168 Å². The van der Waals surface area contributed by atoms with Crippen LogP contribution in [0.3, 0.4) is 0 Å². The van der Waals surface area contributed by atoms with Crippen LogP contribution in [0.25, 0.3) is 17.0 Å². The lowest BCUT2D eigenvalue weighted by Gasteiger charge is -2.24. The Morgan fingerprint density at radius 3 is 2.60 bits per heavy atom. The highest BCUT2D eigenvalue weighted by atomic mass is 35.5. The first-order valence-corrected chi connectivity index (χ1v) is 14.0. The molecule has 238 valence electrons. The quantitative estimate of drug-likeness (QED) is 0.0790. The number of aromatic nitrogens is 3. The fourth-order valence-electron chi connectivity index (χ4n) is 4.83. The summed E-state index contributed by atoms with van der Waals surface area (Å²) < 4.78 is 54.4. The van der Waals surface area contributed by atoms with Gasteiger partial charge in [-0.3, -0.25) is 24.1 Å². The smallest absolute Gasteiger partial charge is 0.313 e. The summed E-state index contributed by atoms with van der Waals surface area (Å²) in [5.74, 6) is 5.00. The molecule has 11 nitrogen and oxygen atoms in total. The summed E-state index contributed by atoms with van der Waals surface area (Å²) >= 11 is 6.19. The molecule has 45 heavy (non-hydrogen) atoms. The summed E-state index contributed by atoms with van der Waals surface area (Å²) in [6.45, 7) is -1.34. The van der Waals surface area contributed by atoms with Crippen molar-refractivity contribution >= 4 is 35.1 Å². The summed E-state index contributed by atoms with van der Waals surface area (Å²) in [7, 11) is 0. The lowest BCUT2D eigenvalue weighted by atomic mass is 9.96. The van der Waals surface area contributed by atoms with Crippen LogP contribution >= 0.6 is 11.6 Å². The van der Waals surface area contributed by atoms with Gasteiger partial charge >= 0.3 is 6.55 Å². The van der Waals surface area contributed by atoms with Crippen molar-refractivity contribution in [2.24, 2.45) is 17.5 Å². The zero-order valence-corrected chi connectivity index (χ0v) is 24.6. The Hall–Kier alpha value is -4.76. The number of allylic oxidation sites excluding steroid dienone is 2. The van der Waals surface area contributed by atoms with E-state index >= 15 is 0 Å². The van der Waals surface area contributed by atoms with E-state index in [-0.39, 0.29) is 38.9 Å². The predicted molar refractivity (Wildman–Crippen MR) is 162 cm³/mol. The average Bonchev–Trinajstić information content (AvgIpc) is 3.00. The van der Waals surface area contributed by atoms with Gasteiger partial charge in [-0.1, -0.05) is 24.9 Å². The van der Waals surface area contributed by atoms with Crippen molar-refractivity contribution in [1.29, 1.82) is 5.41 Å². The van der Waals surface area contributed by atoms with E-state index < -0.39 is 42.1 Å². The molecule has 2 unspecified atom stereocenters. The molecule has 2 atom stereocenters. The normalized spacial score (nSPS) is 19.5. The van der Waals surface area contributed by atoms with Gasteiger partial charge in [0.15, 0.2) is 0 Å². The van der Waals surface area contributed by atoms with E-state index in [1.54, 1.807) is 6.92 Å². The standard InChI is InChI=1S/C29H30ClF4N9O2/c1-15-3-2-4-24(21-9-16(7-8-38-21)26(41-29(33)34)22(12-35)40-28(15)45)42-14-39-20(11-25(42)44)18-10-17(30)5-6-23(18)43(37)13-19(36)27(31)32/h5-15,24,27,29,35,41H,2-4,36-37H2,1H3,(H,40,45)/b19-13-,26-22+,35-12?. The first-order valence-electron chi connectivity index (χ1n) is 13.6. The number of anilines is 1. The Balaban J connectivity index is 1.82. The van der Waals surface area contributed by atoms with Crippen LogP contribution in [0.1, 0.15) is 43.5 Å². The number of amides is 1. The summed E-state index contributed by atoms with van der Waals surface area (Å²) in [4.78, 5) is 35.3. The SMILES string of the molecule is CC1CCCC(n2cnc(-c3cc(Cl)ccc3N(N)/C=C(\N)C(F)F)cc2=O)c2cc(ccn2)/C(NC(F)F)=C(/C=N)NC1=O. The predicted octanol–water partition coefficient (Wildman–Crippen LogP) is 4.36. The van der Waals surface area contributed by atoms with Crippen molar-refractivity contribution in [2.75, 3.05) is 5.01 Å². The van der Waals surface area contributed by atoms with Crippen molar-refractivity contribution in [3.8, 4) is 11.3 Å². The fourth-order valence-corrected chi connectivity index (χ4v) is 5.00. The maximum Gasteiger partial charge on any atom is 0.313 e. The number of fused-ring (bicyclic) bond motifs is 2. The van der Waals surface area contributed by atoms with Gasteiger partial charge in [0.2, 0.25) is 5.91 Å². The molecule has 1 aliphatic rings. The van der Waals surface area contributed by atoms with Gasteiger partial charge in [0.05, 0.1) is 46.5 Å². The number of rotatable bonds is 8. The molecule has 0 saturated carbocycles. The molecule has 1 amide bonds. The van der Waals surface area contributed by atoms with Crippen LogP contribution in [0.5, 0.6) is 0 Å². The van der Waals surface area contributed by atoms with Gasteiger partial charge in [0.1, 0.15) is 0 Å². The second kappa shape index (κ2) is 14.3. The highest BCUT2D eigenvalue weighted by molar-refractivity contribution is 6.31. The summed E-state index contributed by atoms with van der Waals surface area (Å²) in [5.41, 5.74) is 4.87. The molecule has 0 saturated heterocycles. The van der Waals surface area contributed by atoms with Crippen LogP contribution in [-0.4, -0.2) is 39.6 Å². The van der Waals surface area contributed by atoms with Crippen LogP contribution < -0.4 is 32.8 Å². The van der Waals surface area contributed by atoms with Gasteiger partial charge < -0.3 is 21.8 Å². The zero-order chi connectivity index (χ0) is 32.8. The van der Waals surface area contributed by atoms with Gasteiger partial charge in [0.25, 0.3) is 12.0 Å². The third-order valence-corrected chi connectivity index (χ3v) is 7.36. The fraction of sp³-hybridized carbons (Fsp3) is 0.276. The molecule has 1 aliphatic heterocycles. The number of hydrazine groups is 1. The van der Waals surface area contributed by atoms with Crippen LogP contribution in [0.4, 0.5) is 23.2 Å². The van der Waals surface area contributed by atoms with Gasteiger partial charge in [-0.25, -0.2) is 19.6 Å². The molecule has 1 aromatic carbocycles. The number of nitrogens with one attached hydrogen (secondary N) is 3. The third kappa shape index (κ3) is 7.85. The van der Waals surface area contributed by atoms with Crippen molar-refractivity contribution < 1.29 is 22.4 Å². The molecule has 0 aliphatic carbocycles. The number of carbonyl (C=O) groups is 1. The first kappa shape index (κ1) is 33.1. The Labute approximate surface area is 260 Å². The van der Waals surface area contributed by atoms with Gasteiger partial charge in [-0.05, 0) is 43.2 Å². The highest BCUT2D eigenvalue weighted by Gasteiger charge is 2.24. The maximum absolute atomic E-state index is 13.6. The van der Waals surface area contributed by atoms with E-state index in [9.17, 15) is 27.2 Å². The Kier molecular flexibility index (Phi) is 10.6. The molecular weight excluding hydrogens is 618 g/mol. The lowest BCUT2D eigenvalue weighted by Crippen LogP contribution is -2.33. The number of alkyl halides is 4. The van der Waals surface area contributed by atoms with E-state index in [2.05, 4.69) is 15.3 Å². The minimum atomic E-state index is -3.01.